The average molecular weight is 470 g/mol. The Kier molecular flexibility index (Phi) is 6.61. The third kappa shape index (κ3) is 4.35. The van der Waals surface area contributed by atoms with Crippen LogP contribution in [0.25, 0.3) is 0 Å². The van der Waals surface area contributed by atoms with Gasteiger partial charge in [0.25, 0.3) is 5.91 Å². The molecule has 0 saturated heterocycles. The molecule has 4 atom stereocenters. The van der Waals surface area contributed by atoms with E-state index in [1.165, 1.54) is 0 Å². The van der Waals surface area contributed by atoms with Gasteiger partial charge >= 0.3 is 0 Å². The lowest BCUT2D eigenvalue weighted by Crippen LogP contribution is -2.42. The van der Waals surface area contributed by atoms with E-state index in [0.717, 1.165) is 0 Å². The molecule has 1 saturated carbocycles. The number of Topliss-reactive ketones (excluding diaryl/α,β-unsaturated/α-hetero) is 1. The van der Waals surface area contributed by atoms with Gasteiger partial charge in [0.15, 0.2) is 11.5 Å². The van der Waals surface area contributed by atoms with Crippen LogP contribution in [-0.4, -0.2) is 48.1 Å². The highest BCUT2D eigenvalue weighted by molar-refractivity contribution is 6.42. The molecule has 1 amide bonds. The van der Waals surface area contributed by atoms with E-state index in [-0.39, 0.29) is 30.0 Å². The summed E-state index contributed by atoms with van der Waals surface area (Å²) < 4.78 is 25.7. The van der Waals surface area contributed by atoms with Crippen molar-refractivity contribution in [2.24, 2.45) is 5.92 Å². The average Bonchev–Trinajstić information content (AvgIpc) is 3.00. The zero-order valence-corrected chi connectivity index (χ0v) is 19.1. The van der Waals surface area contributed by atoms with Crippen molar-refractivity contribution in [3.63, 3.8) is 0 Å². The second-order valence-electron chi connectivity index (χ2n) is 8.63. The largest absolute Gasteiger partial charge is 0.483 e. The fourth-order valence-electron chi connectivity index (χ4n) is 4.68. The summed E-state index contributed by atoms with van der Waals surface area (Å²) in [5.74, 6) is -0.974. The topological polar surface area (TPSA) is 55.8 Å². The van der Waals surface area contributed by atoms with E-state index < -0.39 is 24.2 Å². The molecule has 31 heavy (non-hydrogen) atoms. The van der Waals surface area contributed by atoms with E-state index in [4.69, 9.17) is 32.7 Å². The van der Waals surface area contributed by atoms with Crippen LogP contribution in [0.2, 0.25) is 10.0 Å². The van der Waals surface area contributed by atoms with Crippen LogP contribution in [-0.2, 0) is 19.1 Å². The molecule has 4 rings (SSSR count). The van der Waals surface area contributed by atoms with Crippen molar-refractivity contribution in [1.29, 1.82) is 0 Å². The quantitative estimate of drug-likeness (QED) is 0.546. The maximum absolute atomic E-state index is 14.1. The highest BCUT2D eigenvalue weighted by Gasteiger charge is 2.52. The number of hydrogen-bond donors (Lipinski definition) is 0. The molecule has 3 aliphatic rings. The van der Waals surface area contributed by atoms with Crippen molar-refractivity contribution in [3.05, 3.63) is 45.1 Å². The molecule has 5 nitrogen and oxygen atoms in total. The van der Waals surface area contributed by atoms with Crippen LogP contribution >= 0.6 is 23.2 Å². The molecule has 168 valence electrons. The van der Waals surface area contributed by atoms with Gasteiger partial charge in [-0.25, -0.2) is 4.39 Å². The van der Waals surface area contributed by atoms with E-state index in [2.05, 4.69) is 0 Å². The summed E-state index contributed by atoms with van der Waals surface area (Å²) in [5, 5.41) is 0.729. The second-order valence-corrected chi connectivity index (χ2v) is 9.44. The van der Waals surface area contributed by atoms with Crippen LogP contribution in [0, 0.1) is 5.92 Å². The van der Waals surface area contributed by atoms with Crippen LogP contribution in [0.4, 0.5) is 4.39 Å². The van der Waals surface area contributed by atoms with Crippen LogP contribution in [0.15, 0.2) is 29.5 Å². The summed E-state index contributed by atoms with van der Waals surface area (Å²) in [6.45, 7) is 4.78. The van der Waals surface area contributed by atoms with Gasteiger partial charge < -0.3 is 14.4 Å². The molecule has 0 radical (unpaired) electrons. The lowest BCUT2D eigenvalue weighted by atomic mass is 9.77. The monoisotopic (exact) mass is 469 g/mol. The number of carbonyl (C=O) groups excluding carboxylic acids is 2. The lowest BCUT2D eigenvalue weighted by Gasteiger charge is -2.36. The zero-order chi connectivity index (χ0) is 22.3. The maximum Gasteiger partial charge on any atom is 0.290 e. The van der Waals surface area contributed by atoms with E-state index in [1.807, 2.05) is 13.8 Å². The molecule has 0 N–H and O–H groups in total. The predicted octanol–water partition coefficient (Wildman–Crippen LogP) is 5.05. The number of amides is 1. The number of rotatable bonds is 6. The summed E-state index contributed by atoms with van der Waals surface area (Å²) in [7, 11) is 0. The summed E-state index contributed by atoms with van der Waals surface area (Å²) in [5.41, 5.74) is 0.990. The van der Waals surface area contributed by atoms with Crippen molar-refractivity contribution >= 4 is 34.9 Å². The fraction of sp³-hybridized carbons (Fsp3) is 0.565. The van der Waals surface area contributed by atoms with Crippen molar-refractivity contribution in [2.45, 2.75) is 64.0 Å². The Morgan fingerprint density at radius 3 is 2.71 bits per heavy atom. The third-order valence-corrected chi connectivity index (χ3v) is 6.87. The minimum absolute atomic E-state index is 0.0909. The van der Waals surface area contributed by atoms with E-state index in [0.29, 0.717) is 53.6 Å². The second kappa shape index (κ2) is 9.08. The molecule has 1 aromatic rings. The van der Waals surface area contributed by atoms with Crippen molar-refractivity contribution in [2.75, 3.05) is 13.2 Å². The number of ether oxygens (including phenoxy) is 2. The van der Waals surface area contributed by atoms with Crippen molar-refractivity contribution in [3.8, 4) is 0 Å². The smallest absolute Gasteiger partial charge is 0.290 e. The standard InChI is InChI=1S/C23H26Cl2FNO4/c1-12(2)30-9-3-8-27-20(13-4-6-16(24)17(25)10-13)19-21(28)15-11-14(26)5-7-18(15)31-22(19)23(27)29/h4,6,10,12,14-15,18,20H,3,5,7-9,11H2,1-2H3. The third-order valence-electron chi connectivity index (χ3n) is 6.13. The number of carbonyl (C=O) groups is 2. The van der Waals surface area contributed by atoms with Gasteiger partial charge in [-0.05, 0) is 57.2 Å². The summed E-state index contributed by atoms with van der Waals surface area (Å²) in [6.07, 6.45) is 0.134. The first-order valence-electron chi connectivity index (χ1n) is 10.7. The first-order chi connectivity index (χ1) is 14.8. The van der Waals surface area contributed by atoms with Gasteiger partial charge in [0, 0.05) is 13.2 Å². The molecule has 0 spiro atoms. The molecule has 2 aliphatic heterocycles. The molecular weight excluding hydrogens is 444 g/mol. The van der Waals surface area contributed by atoms with Gasteiger partial charge in [0.2, 0.25) is 0 Å². The Bertz CT molecular complexity index is 919. The fourth-order valence-corrected chi connectivity index (χ4v) is 4.98. The molecule has 1 aliphatic carbocycles. The van der Waals surface area contributed by atoms with Gasteiger partial charge in [-0.1, -0.05) is 29.3 Å². The molecular formula is C23H26Cl2FNO4. The molecule has 1 fully saturated rings. The van der Waals surface area contributed by atoms with E-state index in [9.17, 15) is 14.0 Å². The molecule has 4 unspecified atom stereocenters. The maximum atomic E-state index is 14.1. The van der Waals surface area contributed by atoms with Gasteiger partial charge in [-0.3, -0.25) is 9.59 Å². The highest BCUT2D eigenvalue weighted by atomic mass is 35.5. The molecule has 0 bridgehead atoms. The SMILES string of the molecule is CC(C)OCCCN1C(=O)C2=C(C(=O)C3CC(F)CCC3O2)C1c1ccc(Cl)c(Cl)c1. The number of nitrogens with zero attached hydrogens (tertiary/aromatic N) is 1. The number of fused-ring (bicyclic) bond motifs is 1. The minimum Gasteiger partial charge on any atom is -0.483 e. The normalized spacial score (nSPS) is 28.1. The molecule has 0 aromatic heterocycles. The minimum atomic E-state index is -1.03. The van der Waals surface area contributed by atoms with Gasteiger partial charge in [-0.15, -0.1) is 0 Å². The van der Waals surface area contributed by atoms with Crippen molar-refractivity contribution < 1.29 is 23.5 Å². The number of ketones is 1. The van der Waals surface area contributed by atoms with Gasteiger partial charge in [0.1, 0.15) is 12.3 Å². The van der Waals surface area contributed by atoms with Crippen LogP contribution in [0.5, 0.6) is 0 Å². The van der Waals surface area contributed by atoms with Crippen LogP contribution in [0.3, 0.4) is 0 Å². The Morgan fingerprint density at radius 1 is 1.23 bits per heavy atom. The predicted molar refractivity (Wildman–Crippen MR) is 116 cm³/mol. The van der Waals surface area contributed by atoms with Gasteiger partial charge in [0.05, 0.1) is 33.7 Å². The Balaban J connectivity index is 1.68. The summed E-state index contributed by atoms with van der Waals surface area (Å²) in [6, 6.07) is 4.45. The van der Waals surface area contributed by atoms with Crippen molar-refractivity contribution in [1.82, 2.24) is 4.90 Å². The first kappa shape index (κ1) is 22.6. The number of alkyl halides is 1. The molecule has 8 heteroatoms. The highest BCUT2D eigenvalue weighted by Crippen LogP contribution is 2.47. The molecule has 2 heterocycles. The van der Waals surface area contributed by atoms with Gasteiger partial charge in [-0.2, -0.15) is 0 Å². The zero-order valence-electron chi connectivity index (χ0n) is 17.6. The van der Waals surface area contributed by atoms with E-state index in [1.54, 1.807) is 23.1 Å². The molecule has 1 aromatic carbocycles. The van der Waals surface area contributed by atoms with Crippen LogP contribution in [0.1, 0.15) is 51.1 Å². The Morgan fingerprint density at radius 2 is 2.00 bits per heavy atom. The van der Waals surface area contributed by atoms with E-state index >= 15 is 0 Å². The van der Waals surface area contributed by atoms with Crippen LogP contribution < -0.4 is 0 Å². The first-order valence-corrected chi connectivity index (χ1v) is 11.5. The number of hydrogen-bond acceptors (Lipinski definition) is 4. The Hall–Kier alpha value is -1.63. The summed E-state index contributed by atoms with van der Waals surface area (Å²) >= 11 is 12.3. The Labute approximate surface area is 191 Å². The number of benzene rings is 1. The summed E-state index contributed by atoms with van der Waals surface area (Å²) in [4.78, 5) is 28.4. The lowest BCUT2D eigenvalue weighted by molar-refractivity contribution is -0.136. The number of halogens is 3.